The Balaban J connectivity index is 1.28. The van der Waals surface area contributed by atoms with Gasteiger partial charge in [-0.3, -0.25) is 4.79 Å². The molecule has 0 spiro atoms. The van der Waals surface area contributed by atoms with E-state index in [1.165, 1.54) is 5.56 Å². The van der Waals surface area contributed by atoms with Gasteiger partial charge in [-0.05, 0) is 25.5 Å². The first kappa shape index (κ1) is 20.1. The standard InChI is InChI=1S/C24H25N7O/c1-17-18(2)26-15-27-22(17)29-8-10-30(11-9-29)24(32)20-12-21-23(25-13-20)31(16-28-21)14-19-6-4-3-5-7-19/h3-7,12-13,15-16H,8-11,14H2,1-2H3. The van der Waals surface area contributed by atoms with E-state index in [0.29, 0.717) is 25.2 Å². The van der Waals surface area contributed by atoms with E-state index < -0.39 is 0 Å². The molecule has 1 amide bonds. The molecule has 1 aromatic carbocycles. The van der Waals surface area contributed by atoms with Crippen LogP contribution in [-0.4, -0.2) is 61.5 Å². The van der Waals surface area contributed by atoms with Gasteiger partial charge in [-0.25, -0.2) is 19.9 Å². The average molecular weight is 428 g/mol. The number of carbonyl (C=O) groups excluding carboxylic acids is 1. The fourth-order valence-corrected chi connectivity index (χ4v) is 4.11. The lowest BCUT2D eigenvalue weighted by molar-refractivity contribution is 0.0746. The fraction of sp³-hybridized carbons (Fsp3) is 0.292. The van der Waals surface area contributed by atoms with Crippen molar-refractivity contribution in [3.8, 4) is 0 Å². The molecule has 1 aliphatic rings. The van der Waals surface area contributed by atoms with Crippen LogP contribution in [0.15, 0.2) is 55.2 Å². The van der Waals surface area contributed by atoms with Crippen molar-refractivity contribution in [2.45, 2.75) is 20.4 Å². The molecule has 0 radical (unpaired) electrons. The van der Waals surface area contributed by atoms with E-state index in [-0.39, 0.29) is 5.91 Å². The largest absolute Gasteiger partial charge is 0.353 e. The van der Waals surface area contributed by atoms with Gasteiger partial charge in [0.05, 0.1) is 18.4 Å². The summed E-state index contributed by atoms with van der Waals surface area (Å²) < 4.78 is 2.00. The number of fused-ring (bicyclic) bond motifs is 1. The van der Waals surface area contributed by atoms with Gasteiger partial charge >= 0.3 is 0 Å². The zero-order valence-electron chi connectivity index (χ0n) is 18.3. The normalized spacial score (nSPS) is 14.2. The first-order chi connectivity index (χ1) is 15.6. The molecule has 0 atom stereocenters. The molecule has 162 valence electrons. The number of aryl methyl sites for hydroxylation is 1. The van der Waals surface area contributed by atoms with Crippen LogP contribution >= 0.6 is 0 Å². The van der Waals surface area contributed by atoms with Crippen molar-refractivity contribution < 1.29 is 4.79 Å². The second-order valence-electron chi connectivity index (χ2n) is 8.11. The SMILES string of the molecule is Cc1ncnc(N2CCN(C(=O)c3cnc4c(c3)ncn4Cc3ccccc3)CC2)c1C. The molecule has 3 aromatic heterocycles. The summed E-state index contributed by atoms with van der Waals surface area (Å²) in [6, 6.07) is 12.0. The first-order valence-electron chi connectivity index (χ1n) is 10.8. The minimum Gasteiger partial charge on any atom is -0.353 e. The minimum absolute atomic E-state index is 0.00718. The van der Waals surface area contributed by atoms with E-state index >= 15 is 0 Å². The van der Waals surface area contributed by atoms with Gasteiger partial charge in [0.15, 0.2) is 5.65 Å². The highest BCUT2D eigenvalue weighted by atomic mass is 16.2. The summed E-state index contributed by atoms with van der Waals surface area (Å²) in [6.07, 6.45) is 5.05. The summed E-state index contributed by atoms with van der Waals surface area (Å²) in [6.45, 7) is 7.49. The Morgan fingerprint density at radius 1 is 0.969 bits per heavy atom. The maximum atomic E-state index is 13.1. The maximum Gasteiger partial charge on any atom is 0.255 e. The van der Waals surface area contributed by atoms with Crippen LogP contribution < -0.4 is 4.90 Å². The lowest BCUT2D eigenvalue weighted by Crippen LogP contribution is -2.49. The highest BCUT2D eigenvalue weighted by Gasteiger charge is 2.24. The number of amides is 1. The summed E-state index contributed by atoms with van der Waals surface area (Å²) in [5.41, 5.74) is 5.35. The molecule has 8 nitrogen and oxygen atoms in total. The van der Waals surface area contributed by atoms with Gasteiger partial charge in [0.25, 0.3) is 5.91 Å². The molecule has 4 aromatic rings. The van der Waals surface area contributed by atoms with Gasteiger partial charge in [0.2, 0.25) is 0 Å². The topological polar surface area (TPSA) is 80.0 Å². The van der Waals surface area contributed by atoms with Crippen molar-refractivity contribution in [3.05, 3.63) is 77.6 Å². The number of pyridine rings is 1. The number of piperazine rings is 1. The number of benzene rings is 1. The molecular weight excluding hydrogens is 402 g/mol. The molecule has 0 saturated carbocycles. The third kappa shape index (κ3) is 3.79. The Morgan fingerprint density at radius 2 is 1.75 bits per heavy atom. The van der Waals surface area contributed by atoms with Crippen molar-refractivity contribution in [2.75, 3.05) is 31.1 Å². The van der Waals surface area contributed by atoms with Crippen molar-refractivity contribution in [1.29, 1.82) is 0 Å². The number of nitrogens with zero attached hydrogens (tertiary/aromatic N) is 7. The number of rotatable bonds is 4. The zero-order chi connectivity index (χ0) is 22.1. The number of aromatic nitrogens is 5. The van der Waals surface area contributed by atoms with Gasteiger partial charge < -0.3 is 14.4 Å². The van der Waals surface area contributed by atoms with Crippen molar-refractivity contribution >= 4 is 22.9 Å². The van der Waals surface area contributed by atoms with Crippen LogP contribution in [0.5, 0.6) is 0 Å². The third-order valence-corrected chi connectivity index (χ3v) is 6.07. The van der Waals surface area contributed by atoms with Crippen molar-refractivity contribution in [1.82, 2.24) is 29.4 Å². The van der Waals surface area contributed by atoms with Crippen molar-refractivity contribution in [3.63, 3.8) is 0 Å². The molecule has 1 saturated heterocycles. The smallest absolute Gasteiger partial charge is 0.255 e. The van der Waals surface area contributed by atoms with Gasteiger partial charge in [-0.2, -0.15) is 0 Å². The number of imidazole rings is 1. The second kappa shape index (κ2) is 8.37. The number of carbonyl (C=O) groups is 1. The Labute approximate surface area is 186 Å². The molecule has 0 unspecified atom stereocenters. The maximum absolute atomic E-state index is 13.1. The number of anilines is 1. The highest BCUT2D eigenvalue weighted by molar-refractivity contribution is 5.96. The average Bonchev–Trinajstić information content (AvgIpc) is 3.23. The van der Waals surface area contributed by atoms with Gasteiger partial charge in [0.1, 0.15) is 17.7 Å². The minimum atomic E-state index is -0.00718. The van der Waals surface area contributed by atoms with Crippen LogP contribution in [0.1, 0.15) is 27.2 Å². The Hall–Kier alpha value is -3.81. The summed E-state index contributed by atoms with van der Waals surface area (Å²) in [7, 11) is 0. The summed E-state index contributed by atoms with van der Waals surface area (Å²) in [4.78, 5) is 35.0. The Kier molecular flexibility index (Phi) is 5.26. The first-order valence-corrected chi connectivity index (χ1v) is 10.8. The van der Waals surface area contributed by atoms with Crippen molar-refractivity contribution in [2.24, 2.45) is 0 Å². The highest BCUT2D eigenvalue weighted by Crippen LogP contribution is 2.21. The van der Waals surface area contributed by atoms with Gasteiger partial charge in [0, 0.05) is 43.6 Å². The summed E-state index contributed by atoms with van der Waals surface area (Å²) in [5, 5.41) is 0. The number of hydrogen-bond acceptors (Lipinski definition) is 6. The van der Waals surface area contributed by atoms with Crippen LogP contribution in [0, 0.1) is 13.8 Å². The molecule has 0 N–H and O–H groups in total. The Bertz CT molecular complexity index is 1260. The second-order valence-corrected chi connectivity index (χ2v) is 8.11. The van der Waals surface area contributed by atoms with Gasteiger partial charge in [-0.15, -0.1) is 0 Å². The zero-order valence-corrected chi connectivity index (χ0v) is 18.3. The van der Waals surface area contributed by atoms with E-state index in [1.807, 2.05) is 47.6 Å². The lowest BCUT2D eigenvalue weighted by Gasteiger charge is -2.36. The molecule has 1 aliphatic heterocycles. The van der Waals surface area contributed by atoms with E-state index in [1.54, 1.807) is 18.9 Å². The van der Waals surface area contributed by atoms with Crippen LogP contribution in [-0.2, 0) is 6.54 Å². The van der Waals surface area contributed by atoms with Crippen LogP contribution in [0.2, 0.25) is 0 Å². The fourth-order valence-electron chi connectivity index (χ4n) is 4.11. The van der Waals surface area contributed by atoms with E-state index in [9.17, 15) is 4.79 Å². The number of hydrogen-bond donors (Lipinski definition) is 0. The molecule has 4 heterocycles. The third-order valence-electron chi connectivity index (χ3n) is 6.07. The van der Waals surface area contributed by atoms with Gasteiger partial charge in [-0.1, -0.05) is 30.3 Å². The van der Waals surface area contributed by atoms with E-state index in [4.69, 9.17) is 0 Å². The lowest BCUT2D eigenvalue weighted by atomic mass is 10.2. The monoisotopic (exact) mass is 427 g/mol. The van der Waals surface area contributed by atoms with E-state index in [2.05, 4.69) is 37.0 Å². The summed E-state index contributed by atoms with van der Waals surface area (Å²) >= 11 is 0. The summed E-state index contributed by atoms with van der Waals surface area (Å²) in [5.74, 6) is 0.948. The Morgan fingerprint density at radius 3 is 2.53 bits per heavy atom. The molecular formula is C24H25N7O. The quantitative estimate of drug-likeness (QED) is 0.498. The predicted octanol–water partition coefficient (Wildman–Crippen LogP) is 2.85. The molecule has 5 rings (SSSR count). The molecule has 1 fully saturated rings. The molecule has 8 heteroatoms. The van der Waals surface area contributed by atoms with E-state index in [0.717, 1.165) is 41.3 Å². The van der Waals surface area contributed by atoms with Crippen LogP contribution in [0.4, 0.5) is 5.82 Å². The predicted molar refractivity (Wildman–Crippen MR) is 123 cm³/mol. The molecule has 0 bridgehead atoms. The van der Waals surface area contributed by atoms with Crippen LogP contribution in [0.25, 0.3) is 11.2 Å². The molecule has 0 aliphatic carbocycles. The van der Waals surface area contributed by atoms with Crippen LogP contribution in [0.3, 0.4) is 0 Å². The molecule has 32 heavy (non-hydrogen) atoms.